The van der Waals surface area contributed by atoms with Gasteiger partial charge in [0, 0.05) is 26.7 Å². The number of carbonyl (C=O) groups is 2. The van der Waals surface area contributed by atoms with E-state index in [0.29, 0.717) is 50.7 Å². The largest absolute Gasteiger partial charge is 0.497 e. The Morgan fingerprint density at radius 1 is 1.23 bits per heavy atom. The van der Waals surface area contributed by atoms with E-state index in [-0.39, 0.29) is 18.4 Å². The summed E-state index contributed by atoms with van der Waals surface area (Å²) in [5, 5.41) is 6.43. The smallest absolute Gasteiger partial charge is 0.354 e. The van der Waals surface area contributed by atoms with E-state index in [4.69, 9.17) is 19.3 Å². The Morgan fingerprint density at radius 3 is 2.57 bits per heavy atom. The van der Waals surface area contributed by atoms with Gasteiger partial charge in [0.2, 0.25) is 5.66 Å². The first kappa shape index (κ1) is 20.6. The topological polar surface area (TPSA) is 83.9 Å². The molecule has 0 unspecified atom stereocenters. The molecule has 0 saturated carbocycles. The Labute approximate surface area is 176 Å². The van der Waals surface area contributed by atoms with Crippen molar-refractivity contribution < 1.29 is 23.8 Å². The molecule has 0 aromatic heterocycles. The van der Waals surface area contributed by atoms with E-state index in [2.05, 4.69) is 4.90 Å². The number of nitrogens with zero attached hydrogens (tertiary/aromatic N) is 4. The number of benzene rings is 1. The number of rotatable bonds is 5. The summed E-state index contributed by atoms with van der Waals surface area (Å²) in [6.07, 6.45) is 0.629. The first-order chi connectivity index (χ1) is 14.5. The summed E-state index contributed by atoms with van der Waals surface area (Å²) >= 11 is 0. The predicted octanol–water partition coefficient (Wildman–Crippen LogP) is 0.941. The lowest BCUT2D eigenvalue weighted by molar-refractivity contribution is -0.154. The molecule has 3 aliphatic rings. The molecule has 3 heterocycles. The molecule has 0 aliphatic carbocycles. The van der Waals surface area contributed by atoms with E-state index in [1.54, 1.807) is 31.0 Å². The average molecular weight is 416 g/mol. The van der Waals surface area contributed by atoms with Gasteiger partial charge in [0.05, 0.1) is 38.5 Å². The van der Waals surface area contributed by atoms with E-state index in [0.717, 1.165) is 5.69 Å². The lowest BCUT2D eigenvalue weighted by Gasteiger charge is -2.52. The summed E-state index contributed by atoms with van der Waals surface area (Å²) in [5.41, 5.74) is -0.0937. The quantitative estimate of drug-likeness (QED) is 0.661. The highest BCUT2D eigenvalue weighted by molar-refractivity contribution is 6.39. The molecule has 0 spiro atoms. The number of likely N-dealkylation sites (N-methyl/N-ethyl adjacent to an activating group) is 1. The predicted molar refractivity (Wildman–Crippen MR) is 110 cm³/mol. The molecule has 162 valence electrons. The molecular weight excluding hydrogens is 388 g/mol. The highest BCUT2D eigenvalue weighted by atomic mass is 16.5. The summed E-state index contributed by atoms with van der Waals surface area (Å²) in [7, 11) is 3.40. The van der Waals surface area contributed by atoms with Crippen molar-refractivity contribution in [3.8, 4) is 5.75 Å². The van der Waals surface area contributed by atoms with Crippen molar-refractivity contribution in [2.24, 2.45) is 11.0 Å². The summed E-state index contributed by atoms with van der Waals surface area (Å²) in [5.74, 6) is -0.218. The number of hydrogen-bond acceptors (Lipinski definition) is 8. The van der Waals surface area contributed by atoms with Crippen LogP contribution in [0, 0.1) is 5.92 Å². The zero-order valence-corrected chi connectivity index (χ0v) is 17.7. The van der Waals surface area contributed by atoms with Gasteiger partial charge < -0.3 is 19.1 Å². The van der Waals surface area contributed by atoms with Gasteiger partial charge in [-0.05, 0) is 37.6 Å². The maximum absolute atomic E-state index is 13.8. The highest BCUT2D eigenvalue weighted by Gasteiger charge is 2.64. The van der Waals surface area contributed by atoms with Crippen LogP contribution < -0.4 is 9.75 Å². The molecule has 0 radical (unpaired) electrons. The van der Waals surface area contributed by atoms with Crippen LogP contribution in [0.1, 0.15) is 13.3 Å². The molecule has 1 aromatic carbocycles. The van der Waals surface area contributed by atoms with E-state index < -0.39 is 11.6 Å². The van der Waals surface area contributed by atoms with Crippen molar-refractivity contribution in [2.75, 3.05) is 58.6 Å². The van der Waals surface area contributed by atoms with Gasteiger partial charge in [-0.15, -0.1) is 0 Å². The van der Waals surface area contributed by atoms with Crippen LogP contribution in [0.4, 0.5) is 5.69 Å². The Balaban J connectivity index is 1.86. The van der Waals surface area contributed by atoms with Crippen molar-refractivity contribution in [1.82, 2.24) is 9.80 Å². The molecule has 4 rings (SSSR count). The van der Waals surface area contributed by atoms with Crippen LogP contribution in [0.15, 0.2) is 29.4 Å². The lowest BCUT2D eigenvalue weighted by atomic mass is 9.80. The third-order valence-electron chi connectivity index (χ3n) is 6.06. The zero-order valence-electron chi connectivity index (χ0n) is 17.7. The van der Waals surface area contributed by atoms with Gasteiger partial charge in [0.1, 0.15) is 5.75 Å². The molecule has 30 heavy (non-hydrogen) atoms. The van der Waals surface area contributed by atoms with E-state index in [1.807, 2.05) is 24.3 Å². The highest BCUT2D eigenvalue weighted by Crippen LogP contribution is 2.45. The van der Waals surface area contributed by atoms with Gasteiger partial charge in [0.15, 0.2) is 5.71 Å². The van der Waals surface area contributed by atoms with Crippen LogP contribution in [0.25, 0.3) is 0 Å². The fraction of sp³-hybridized carbons (Fsp3) is 0.571. The van der Waals surface area contributed by atoms with Gasteiger partial charge in [-0.25, -0.2) is 9.80 Å². The third-order valence-corrected chi connectivity index (χ3v) is 6.06. The van der Waals surface area contributed by atoms with Crippen molar-refractivity contribution >= 4 is 23.3 Å². The maximum Gasteiger partial charge on any atom is 0.354 e. The molecule has 2 saturated heterocycles. The molecule has 9 heteroatoms. The summed E-state index contributed by atoms with van der Waals surface area (Å²) in [4.78, 5) is 30.5. The number of likely N-dealkylation sites (tertiary alicyclic amines) is 1. The SMILES string of the molecule is CCOC(=O)C1=NN(c2ccc(OC)cc2)[C@@]2(N3CCOCC3)C(=O)N(C)CC[C@@H]12. The minimum atomic E-state index is -1.12. The van der Waals surface area contributed by atoms with Crippen LogP contribution in [-0.4, -0.2) is 86.7 Å². The van der Waals surface area contributed by atoms with E-state index in [1.165, 1.54) is 0 Å². The number of anilines is 1. The van der Waals surface area contributed by atoms with Crippen molar-refractivity contribution in [3.63, 3.8) is 0 Å². The van der Waals surface area contributed by atoms with Crippen molar-refractivity contribution in [2.45, 2.75) is 19.0 Å². The first-order valence-electron chi connectivity index (χ1n) is 10.3. The number of esters is 1. The summed E-state index contributed by atoms with van der Waals surface area (Å²) in [6.45, 7) is 4.79. The second-order valence-electron chi connectivity index (χ2n) is 7.61. The molecule has 0 bridgehead atoms. The molecule has 3 aliphatic heterocycles. The molecule has 2 fully saturated rings. The second kappa shape index (κ2) is 8.23. The number of hydrazone groups is 1. The van der Waals surface area contributed by atoms with Gasteiger partial charge >= 0.3 is 5.97 Å². The second-order valence-corrected chi connectivity index (χ2v) is 7.61. The summed E-state index contributed by atoms with van der Waals surface area (Å²) < 4.78 is 16.1. The fourth-order valence-corrected chi connectivity index (χ4v) is 4.63. The summed E-state index contributed by atoms with van der Waals surface area (Å²) in [6, 6.07) is 7.37. The minimum Gasteiger partial charge on any atom is -0.497 e. The van der Waals surface area contributed by atoms with Crippen LogP contribution in [0.3, 0.4) is 0 Å². The minimum absolute atomic E-state index is 0.0699. The lowest BCUT2D eigenvalue weighted by Crippen LogP contribution is -2.73. The standard InChI is InChI=1S/C21H28N4O5/c1-4-30-19(26)18-17-9-10-23(2)20(27)21(17,24-11-13-29-14-12-24)25(22-18)15-5-7-16(28-3)8-6-15/h5-8,17H,4,9-14H2,1-3H3/t17-,21+/m0/s1. The Kier molecular flexibility index (Phi) is 5.66. The van der Waals surface area contributed by atoms with Gasteiger partial charge in [-0.3, -0.25) is 9.69 Å². The number of methoxy groups -OCH3 is 1. The molecule has 2 atom stereocenters. The third kappa shape index (κ3) is 3.13. The average Bonchev–Trinajstić information content (AvgIpc) is 3.14. The number of hydrogen-bond donors (Lipinski definition) is 0. The van der Waals surface area contributed by atoms with Crippen molar-refractivity contribution in [1.29, 1.82) is 0 Å². The van der Waals surface area contributed by atoms with Crippen LogP contribution in [0.5, 0.6) is 5.75 Å². The molecule has 0 N–H and O–H groups in total. The van der Waals surface area contributed by atoms with Crippen LogP contribution in [0.2, 0.25) is 0 Å². The van der Waals surface area contributed by atoms with Gasteiger partial charge in [-0.2, -0.15) is 5.10 Å². The maximum atomic E-state index is 13.8. The fourth-order valence-electron chi connectivity index (χ4n) is 4.63. The molecular formula is C21H28N4O5. The number of carbonyl (C=O) groups excluding carboxylic acids is 2. The number of fused-ring (bicyclic) bond motifs is 1. The monoisotopic (exact) mass is 416 g/mol. The number of amides is 1. The van der Waals surface area contributed by atoms with Gasteiger partial charge in [-0.1, -0.05) is 0 Å². The molecule has 1 amide bonds. The van der Waals surface area contributed by atoms with Crippen LogP contribution in [-0.2, 0) is 19.1 Å². The normalized spacial score (nSPS) is 27.0. The molecule has 1 aromatic rings. The Morgan fingerprint density at radius 2 is 1.93 bits per heavy atom. The Hall–Kier alpha value is -2.65. The number of piperidine rings is 1. The van der Waals surface area contributed by atoms with Crippen LogP contribution >= 0.6 is 0 Å². The van der Waals surface area contributed by atoms with E-state index in [9.17, 15) is 9.59 Å². The van der Waals surface area contributed by atoms with Crippen molar-refractivity contribution in [3.05, 3.63) is 24.3 Å². The zero-order chi connectivity index (χ0) is 21.3. The van der Waals surface area contributed by atoms with Gasteiger partial charge in [0.25, 0.3) is 5.91 Å². The Bertz CT molecular complexity index is 836. The first-order valence-corrected chi connectivity index (χ1v) is 10.3. The number of morpholine rings is 1. The number of ether oxygens (including phenoxy) is 3. The van der Waals surface area contributed by atoms with E-state index >= 15 is 0 Å². The molecule has 9 nitrogen and oxygen atoms in total.